The standard InChI is InChI=1S/C8H12N2O2S/c1-6(9)7-2-4-8(5-3-7)10-13(11)12/h2-6,10H,9H2,1H3,(H,11,12). The van der Waals surface area contributed by atoms with E-state index in [1.54, 1.807) is 12.1 Å². The van der Waals surface area contributed by atoms with Gasteiger partial charge >= 0.3 is 0 Å². The molecule has 1 rings (SSSR count). The van der Waals surface area contributed by atoms with E-state index in [0.29, 0.717) is 5.69 Å². The SMILES string of the molecule is CC(N)c1ccc(NS(=O)O)cc1. The largest absolute Gasteiger partial charge is 0.324 e. The van der Waals surface area contributed by atoms with Crippen LogP contribution in [-0.2, 0) is 11.3 Å². The van der Waals surface area contributed by atoms with Crippen LogP contribution in [0.3, 0.4) is 0 Å². The molecule has 0 saturated heterocycles. The first-order valence-electron chi connectivity index (χ1n) is 3.82. The molecule has 2 atom stereocenters. The molecular weight excluding hydrogens is 188 g/mol. The molecule has 0 aliphatic carbocycles. The minimum atomic E-state index is -2.02. The van der Waals surface area contributed by atoms with E-state index in [1.807, 2.05) is 19.1 Å². The molecule has 0 radical (unpaired) electrons. The lowest BCUT2D eigenvalue weighted by molar-refractivity contribution is 0.570. The van der Waals surface area contributed by atoms with Gasteiger partial charge in [-0.1, -0.05) is 12.1 Å². The van der Waals surface area contributed by atoms with Gasteiger partial charge < -0.3 is 5.73 Å². The fourth-order valence-corrected chi connectivity index (χ4v) is 1.29. The first kappa shape index (κ1) is 10.2. The van der Waals surface area contributed by atoms with Crippen LogP contribution in [0.1, 0.15) is 18.5 Å². The predicted octanol–water partition coefficient (Wildman–Crippen LogP) is 1.25. The summed E-state index contributed by atoms with van der Waals surface area (Å²) in [7, 11) is 0. The van der Waals surface area contributed by atoms with Crippen molar-refractivity contribution in [3.8, 4) is 0 Å². The summed E-state index contributed by atoms with van der Waals surface area (Å²) in [6.07, 6.45) is 0. The van der Waals surface area contributed by atoms with Gasteiger partial charge in [0.05, 0.1) is 0 Å². The van der Waals surface area contributed by atoms with E-state index in [4.69, 9.17) is 10.3 Å². The molecule has 4 nitrogen and oxygen atoms in total. The van der Waals surface area contributed by atoms with Crippen LogP contribution in [0.2, 0.25) is 0 Å². The van der Waals surface area contributed by atoms with E-state index in [-0.39, 0.29) is 6.04 Å². The van der Waals surface area contributed by atoms with Gasteiger partial charge in [-0.05, 0) is 24.6 Å². The molecular formula is C8H12N2O2S. The summed E-state index contributed by atoms with van der Waals surface area (Å²) in [4.78, 5) is 0. The third-order valence-electron chi connectivity index (χ3n) is 1.64. The molecule has 5 heteroatoms. The highest BCUT2D eigenvalue weighted by atomic mass is 32.2. The zero-order valence-electron chi connectivity index (χ0n) is 7.23. The average molecular weight is 200 g/mol. The fourth-order valence-electron chi connectivity index (χ4n) is 0.956. The number of anilines is 1. The Kier molecular flexibility index (Phi) is 3.41. The zero-order chi connectivity index (χ0) is 9.84. The Bertz CT molecular complexity index is 298. The first-order chi connectivity index (χ1) is 6.09. The Hall–Kier alpha value is -0.910. The number of nitrogens with two attached hydrogens (primary N) is 1. The van der Waals surface area contributed by atoms with E-state index in [0.717, 1.165) is 5.56 Å². The maximum absolute atomic E-state index is 10.4. The van der Waals surface area contributed by atoms with Crippen molar-refractivity contribution >= 4 is 17.0 Å². The maximum Gasteiger partial charge on any atom is 0.259 e. The second kappa shape index (κ2) is 4.36. The fraction of sp³-hybridized carbons (Fsp3) is 0.250. The van der Waals surface area contributed by atoms with Crippen molar-refractivity contribution in [3.05, 3.63) is 29.8 Å². The third-order valence-corrected chi connectivity index (χ3v) is 2.05. The zero-order valence-corrected chi connectivity index (χ0v) is 8.04. The monoisotopic (exact) mass is 200 g/mol. The highest BCUT2D eigenvalue weighted by Gasteiger charge is 1.99. The van der Waals surface area contributed by atoms with Crippen molar-refractivity contribution in [2.45, 2.75) is 13.0 Å². The molecule has 0 aliphatic rings. The van der Waals surface area contributed by atoms with Crippen LogP contribution in [0.5, 0.6) is 0 Å². The van der Waals surface area contributed by atoms with Gasteiger partial charge in [-0.2, -0.15) is 0 Å². The highest BCUT2D eigenvalue weighted by molar-refractivity contribution is 7.80. The van der Waals surface area contributed by atoms with Crippen LogP contribution in [0, 0.1) is 0 Å². The minimum absolute atomic E-state index is 0.0197. The average Bonchev–Trinajstić information content (AvgIpc) is 2.04. The first-order valence-corrected chi connectivity index (χ1v) is 4.93. The van der Waals surface area contributed by atoms with Crippen molar-refractivity contribution in [1.82, 2.24) is 0 Å². The van der Waals surface area contributed by atoms with E-state index in [9.17, 15) is 4.21 Å². The lowest BCUT2D eigenvalue weighted by Gasteiger charge is -2.06. The smallest absolute Gasteiger partial charge is 0.259 e. The van der Waals surface area contributed by atoms with Gasteiger partial charge in [0.25, 0.3) is 11.3 Å². The number of hydrogen-bond donors (Lipinski definition) is 3. The van der Waals surface area contributed by atoms with Crippen LogP contribution >= 0.6 is 0 Å². The Morgan fingerprint density at radius 1 is 1.46 bits per heavy atom. The molecule has 0 aliphatic heterocycles. The van der Waals surface area contributed by atoms with Crippen LogP contribution in [0.25, 0.3) is 0 Å². The van der Waals surface area contributed by atoms with Gasteiger partial charge in [-0.15, -0.1) is 0 Å². The molecule has 1 aromatic rings. The van der Waals surface area contributed by atoms with Crippen LogP contribution < -0.4 is 10.5 Å². The van der Waals surface area contributed by atoms with Crippen molar-refractivity contribution in [2.75, 3.05) is 4.72 Å². The molecule has 4 N–H and O–H groups in total. The number of nitrogens with one attached hydrogen (secondary N) is 1. The molecule has 72 valence electrons. The molecule has 0 heterocycles. The number of hydrogen-bond acceptors (Lipinski definition) is 2. The second-order valence-corrected chi connectivity index (χ2v) is 3.46. The van der Waals surface area contributed by atoms with Crippen molar-refractivity contribution in [2.24, 2.45) is 5.73 Å². The van der Waals surface area contributed by atoms with E-state index < -0.39 is 11.3 Å². The van der Waals surface area contributed by atoms with Crippen molar-refractivity contribution in [1.29, 1.82) is 0 Å². The topological polar surface area (TPSA) is 75.3 Å². The van der Waals surface area contributed by atoms with Gasteiger partial charge in [-0.3, -0.25) is 9.27 Å². The Morgan fingerprint density at radius 3 is 2.38 bits per heavy atom. The summed E-state index contributed by atoms with van der Waals surface area (Å²) in [6, 6.07) is 7.05. The van der Waals surface area contributed by atoms with Gasteiger partial charge in [0.15, 0.2) is 0 Å². The van der Waals surface area contributed by atoms with Crippen LogP contribution in [0.15, 0.2) is 24.3 Å². The van der Waals surface area contributed by atoms with Crippen LogP contribution in [-0.4, -0.2) is 8.76 Å². The summed E-state index contributed by atoms with van der Waals surface area (Å²) in [5.74, 6) is 0. The summed E-state index contributed by atoms with van der Waals surface area (Å²) in [6.45, 7) is 1.88. The molecule has 0 spiro atoms. The molecule has 0 aromatic heterocycles. The maximum atomic E-state index is 10.4. The lowest BCUT2D eigenvalue weighted by Crippen LogP contribution is -2.05. The molecule has 0 saturated carbocycles. The molecule has 0 amide bonds. The van der Waals surface area contributed by atoms with E-state index in [2.05, 4.69) is 4.72 Å². The van der Waals surface area contributed by atoms with E-state index in [1.165, 1.54) is 0 Å². The normalized spacial score (nSPS) is 15.0. The quantitative estimate of drug-likeness (QED) is 0.643. The van der Waals surface area contributed by atoms with E-state index >= 15 is 0 Å². The third kappa shape index (κ3) is 3.14. The molecule has 0 fully saturated rings. The number of rotatable bonds is 3. The Balaban J connectivity index is 2.75. The predicted molar refractivity (Wildman–Crippen MR) is 53.4 cm³/mol. The van der Waals surface area contributed by atoms with Gasteiger partial charge in [0.1, 0.15) is 0 Å². The molecule has 2 unspecified atom stereocenters. The summed E-state index contributed by atoms with van der Waals surface area (Å²) < 4.78 is 21.2. The van der Waals surface area contributed by atoms with Crippen molar-refractivity contribution in [3.63, 3.8) is 0 Å². The Labute approximate surface area is 79.6 Å². The van der Waals surface area contributed by atoms with Crippen LogP contribution in [0.4, 0.5) is 5.69 Å². The van der Waals surface area contributed by atoms with Gasteiger partial charge in [0, 0.05) is 11.7 Å². The Morgan fingerprint density at radius 2 is 2.00 bits per heavy atom. The highest BCUT2D eigenvalue weighted by Crippen LogP contribution is 2.14. The number of benzene rings is 1. The second-order valence-electron chi connectivity index (χ2n) is 2.76. The minimum Gasteiger partial charge on any atom is -0.324 e. The summed E-state index contributed by atoms with van der Waals surface area (Å²) >= 11 is -2.02. The lowest BCUT2D eigenvalue weighted by atomic mass is 10.1. The summed E-state index contributed by atoms with van der Waals surface area (Å²) in [5.41, 5.74) is 7.23. The van der Waals surface area contributed by atoms with Gasteiger partial charge in [-0.25, -0.2) is 4.21 Å². The molecule has 13 heavy (non-hydrogen) atoms. The summed E-state index contributed by atoms with van der Waals surface area (Å²) in [5, 5.41) is 0. The molecule has 0 bridgehead atoms. The molecule has 1 aromatic carbocycles. The van der Waals surface area contributed by atoms with Gasteiger partial charge in [0.2, 0.25) is 0 Å². The van der Waals surface area contributed by atoms with Crippen molar-refractivity contribution < 1.29 is 8.76 Å².